The largest absolute Gasteiger partial charge is 0.348 e. The average molecular weight is 286 g/mol. The van der Waals surface area contributed by atoms with Crippen molar-refractivity contribution in [2.45, 2.75) is 47.2 Å². The van der Waals surface area contributed by atoms with Crippen LogP contribution in [-0.4, -0.2) is 20.7 Å². The number of aromatic nitrogens is 3. The number of hydrogen-bond donors (Lipinski definition) is 1. The van der Waals surface area contributed by atoms with Gasteiger partial charge in [0.2, 0.25) is 5.91 Å². The van der Waals surface area contributed by atoms with Crippen molar-refractivity contribution in [2.24, 2.45) is 0 Å². The minimum absolute atomic E-state index is 0.0262. The first-order valence-electron chi connectivity index (χ1n) is 7.11. The molecule has 1 heterocycles. The molecule has 2 rings (SSSR count). The molecule has 0 saturated carbocycles. The van der Waals surface area contributed by atoms with Crippen LogP contribution in [0.25, 0.3) is 0 Å². The van der Waals surface area contributed by atoms with E-state index in [1.165, 1.54) is 11.1 Å². The van der Waals surface area contributed by atoms with E-state index in [4.69, 9.17) is 0 Å². The molecule has 1 unspecified atom stereocenters. The summed E-state index contributed by atoms with van der Waals surface area (Å²) in [5.74, 6) is 1.37. The van der Waals surface area contributed by atoms with Crippen molar-refractivity contribution < 1.29 is 4.79 Å². The Bertz CT molecular complexity index is 660. The monoisotopic (exact) mass is 286 g/mol. The zero-order chi connectivity index (χ0) is 15.6. The minimum Gasteiger partial charge on any atom is -0.348 e. The van der Waals surface area contributed by atoms with E-state index in [-0.39, 0.29) is 18.5 Å². The molecular weight excluding hydrogens is 264 g/mol. The van der Waals surface area contributed by atoms with Crippen molar-refractivity contribution in [3.8, 4) is 0 Å². The fraction of sp³-hybridized carbons (Fsp3) is 0.438. The summed E-state index contributed by atoms with van der Waals surface area (Å²) in [4.78, 5) is 16.3. The molecule has 2 aromatic rings. The Morgan fingerprint density at radius 2 is 1.95 bits per heavy atom. The predicted octanol–water partition coefficient (Wildman–Crippen LogP) is 2.39. The average Bonchev–Trinajstić information content (AvgIpc) is 2.70. The van der Waals surface area contributed by atoms with E-state index in [1.54, 1.807) is 4.68 Å². The Morgan fingerprint density at radius 3 is 2.52 bits per heavy atom. The van der Waals surface area contributed by atoms with Crippen LogP contribution in [0.15, 0.2) is 18.2 Å². The third-order valence-electron chi connectivity index (χ3n) is 3.66. The first-order chi connectivity index (χ1) is 9.86. The van der Waals surface area contributed by atoms with Crippen LogP contribution in [0.4, 0.5) is 0 Å². The van der Waals surface area contributed by atoms with Gasteiger partial charge in [-0.3, -0.25) is 4.79 Å². The lowest BCUT2D eigenvalue weighted by Crippen LogP contribution is -2.30. The Balaban J connectivity index is 2.01. The molecule has 0 spiro atoms. The highest BCUT2D eigenvalue weighted by atomic mass is 16.2. The van der Waals surface area contributed by atoms with E-state index in [2.05, 4.69) is 47.4 Å². The number of amides is 1. The van der Waals surface area contributed by atoms with Crippen LogP contribution in [0.3, 0.4) is 0 Å². The summed E-state index contributed by atoms with van der Waals surface area (Å²) in [5, 5.41) is 7.20. The van der Waals surface area contributed by atoms with Gasteiger partial charge in [-0.25, -0.2) is 9.67 Å². The molecule has 1 N–H and O–H groups in total. The van der Waals surface area contributed by atoms with Gasteiger partial charge in [0.05, 0.1) is 6.04 Å². The van der Waals surface area contributed by atoms with E-state index >= 15 is 0 Å². The molecule has 0 bridgehead atoms. The van der Waals surface area contributed by atoms with E-state index in [9.17, 15) is 4.79 Å². The second-order valence-corrected chi connectivity index (χ2v) is 5.50. The molecule has 0 aliphatic rings. The van der Waals surface area contributed by atoms with Crippen molar-refractivity contribution in [2.75, 3.05) is 0 Å². The van der Waals surface area contributed by atoms with Crippen molar-refractivity contribution in [3.63, 3.8) is 0 Å². The molecule has 5 nitrogen and oxygen atoms in total. The highest BCUT2D eigenvalue weighted by molar-refractivity contribution is 5.76. The number of hydrogen-bond acceptors (Lipinski definition) is 3. The Hall–Kier alpha value is -2.17. The van der Waals surface area contributed by atoms with Crippen molar-refractivity contribution >= 4 is 5.91 Å². The number of carbonyl (C=O) groups excluding carboxylic acids is 1. The maximum absolute atomic E-state index is 12.1. The number of nitrogens with one attached hydrogen (secondary N) is 1. The lowest BCUT2D eigenvalue weighted by molar-refractivity contribution is -0.122. The second kappa shape index (κ2) is 6.08. The molecule has 0 fully saturated rings. The zero-order valence-corrected chi connectivity index (χ0v) is 13.3. The molecule has 1 amide bonds. The van der Waals surface area contributed by atoms with Crippen molar-refractivity contribution in [1.29, 1.82) is 0 Å². The van der Waals surface area contributed by atoms with Gasteiger partial charge in [0.25, 0.3) is 0 Å². The number of aryl methyl sites for hydroxylation is 4. The highest BCUT2D eigenvalue weighted by Gasteiger charge is 2.12. The molecule has 0 aliphatic heterocycles. The summed E-state index contributed by atoms with van der Waals surface area (Å²) in [7, 11) is 0. The fourth-order valence-electron chi connectivity index (χ4n) is 2.25. The van der Waals surface area contributed by atoms with E-state index < -0.39 is 0 Å². The number of nitrogens with zero attached hydrogens (tertiary/aromatic N) is 3. The normalized spacial score (nSPS) is 12.2. The van der Waals surface area contributed by atoms with E-state index in [1.807, 2.05) is 20.8 Å². The molecule has 0 radical (unpaired) electrons. The fourth-order valence-corrected chi connectivity index (χ4v) is 2.25. The molecule has 0 saturated heterocycles. The number of carbonyl (C=O) groups is 1. The van der Waals surface area contributed by atoms with Gasteiger partial charge in [-0.15, -0.1) is 0 Å². The van der Waals surface area contributed by atoms with Crippen LogP contribution < -0.4 is 5.32 Å². The van der Waals surface area contributed by atoms with E-state index in [0.717, 1.165) is 11.4 Å². The Morgan fingerprint density at radius 1 is 1.24 bits per heavy atom. The summed E-state index contributed by atoms with van der Waals surface area (Å²) < 4.78 is 1.62. The van der Waals surface area contributed by atoms with Crippen molar-refractivity contribution in [3.05, 3.63) is 46.5 Å². The summed E-state index contributed by atoms with van der Waals surface area (Å²) in [5.41, 5.74) is 3.60. The van der Waals surface area contributed by atoms with Gasteiger partial charge >= 0.3 is 0 Å². The first-order valence-corrected chi connectivity index (χ1v) is 7.11. The van der Waals surface area contributed by atoms with Crippen LogP contribution >= 0.6 is 0 Å². The standard InChI is InChI=1S/C16H22N4O/c1-10-6-7-15(8-11(10)2)12(3)17-16(21)9-20-14(5)18-13(4)19-20/h6-8,12H,9H2,1-5H3,(H,17,21). The Kier molecular flexibility index (Phi) is 4.40. The van der Waals surface area contributed by atoms with Gasteiger partial charge in [0.1, 0.15) is 18.2 Å². The smallest absolute Gasteiger partial charge is 0.242 e. The lowest BCUT2D eigenvalue weighted by Gasteiger charge is -2.16. The molecule has 21 heavy (non-hydrogen) atoms. The van der Waals surface area contributed by atoms with Crippen LogP contribution in [0.2, 0.25) is 0 Å². The predicted molar refractivity (Wildman–Crippen MR) is 82.0 cm³/mol. The summed E-state index contributed by atoms with van der Waals surface area (Å²) in [6.45, 7) is 10.0. The maximum Gasteiger partial charge on any atom is 0.242 e. The van der Waals surface area contributed by atoms with Gasteiger partial charge in [-0.2, -0.15) is 5.10 Å². The molecule has 1 aromatic carbocycles. The van der Waals surface area contributed by atoms with Gasteiger partial charge in [0, 0.05) is 0 Å². The van der Waals surface area contributed by atoms with Crippen LogP contribution in [0.5, 0.6) is 0 Å². The Labute approximate surface area is 125 Å². The molecular formula is C16H22N4O. The number of benzene rings is 1. The van der Waals surface area contributed by atoms with Crippen LogP contribution in [-0.2, 0) is 11.3 Å². The quantitative estimate of drug-likeness (QED) is 0.938. The van der Waals surface area contributed by atoms with Gasteiger partial charge in [0.15, 0.2) is 0 Å². The van der Waals surface area contributed by atoms with Gasteiger partial charge in [-0.1, -0.05) is 18.2 Å². The molecule has 112 valence electrons. The van der Waals surface area contributed by atoms with Crippen LogP contribution in [0, 0.1) is 27.7 Å². The molecule has 1 atom stereocenters. The topological polar surface area (TPSA) is 59.8 Å². The first kappa shape index (κ1) is 15.2. The third kappa shape index (κ3) is 3.68. The molecule has 5 heteroatoms. The zero-order valence-electron chi connectivity index (χ0n) is 13.3. The highest BCUT2D eigenvalue weighted by Crippen LogP contribution is 2.16. The third-order valence-corrected chi connectivity index (χ3v) is 3.66. The molecule has 1 aromatic heterocycles. The van der Waals surface area contributed by atoms with E-state index in [0.29, 0.717) is 5.82 Å². The number of rotatable bonds is 4. The summed E-state index contributed by atoms with van der Waals surface area (Å²) >= 11 is 0. The minimum atomic E-state index is -0.0614. The SMILES string of the molecule is Cc1nc(C)n(CC(=O)NC(C)c2ccc(C)c(C)c2)n1. The van der Waals surface area contributed by atoms with Crippen molar-refractivity contribution in [1.82, 2.24) is 20.1 Å². The van der Waals surface area contributed by atoms with Gasteiger partial charge < -0.3 is 5.32 Å². The summed E-state index contributed by atoms with van der Waals surface area (Å²) in [6.07, 6.45) is 0. The summed E-state index contributed by atoms with van der Waals surface area (Å²) in [6, 6.07) is 6.23. The molecule has 0 aliphatic carbocycles. The van der Waals surface area contributed by atoms with Gasteiger partial charge in [-0.05, 0) is 51.3 Å². The second-order valence-electron chi connectivity index (χ2n) is 5.50. The maximum atomic E-state index is 12.1. The lowest BCUT2D eigenvalue weighted by atomic mass is 10.0. The van der Waals surface area contributed by atoms with Crippen LogP contribution in [0.1, 0.15) is 41.3 Å².